The highest BCUT2D eigenvalue weighted by molar-refractivity contribution is 8.16. The number of carbonyl (C=O) groups is 2. The Bertz CT molecular complexity index is 1140. The Hall–Kier alpha value is -2.91. The summed E-state index contributed by atoms with van der Waals surface area (Å²) in [6, 6.07) is 13.6. The van der Waals surface area contributed by atoms with Gasteiger partial charge >= 0.3 is 0 Å². The number of rotatable bonds is 7. The predicted molar refractivity (Wildman–Crippen MR) is 124 cm³/mol. The van der Waals surface area contributed by atoms with E-state index in [1.165, 1.54) is 23.1 Å². The van der Waals surface area contributed by atoms with E-state index in [0.717, 1.165) is 22.9 Å². The predicted octanol–water partition coefficient (Wildman–Crippen LogP) is 3.51. The number of aryl methyl sites for hydroxylation is 2. The minimum Gasteiger partial charge on any atom is -0.326 e. The van der Waals surface area contributed by atoms with Crippen LogP contribution in [0.2, 0.25) is 0 Å². The smallest absolute Gasteiger partial charge is 0.284 e. The Morgan fingerprint density at radius 2 is 1.87 bits per heavy atom. The molecule has 0 saturated carbocycles. The second kappa shape index (κ2) is 9.49. The van der Waals surface area contributed by atoms with Crippen LogP contribution < -0.4 is 5.32 Å². The molecule has 0 unspecified atom stereocenters. The molecule has 9 heteroatoms. The summed E-state index contributed by atoms with van der Waals surface area (Å²) in [4.78, 5) is 26.6. The van der Waals surface area contributed by atoms with Gasteiger partial charge in [-0.1, -0.05) is 53.7 Å². The fourth-order valence-electron chi connectivity index (χ4n) is 2.95. The van der Waals surface area contributed by atoms with Crippen LogP contribution in [0.4, 0.5) is 5.69 Å². The highest BCUT2D eigenvalue weighted by Gasteiger charge is 2.39. The molecule has 31 heavy (non-hydrogen) atoms. The first-order chi connectivity index (χ1) is 14.7. The fraction of sp³-hybridized carbons (Fsp3) is 0.227. The van der Waals surface area contributed by atoms with E-state index in [4.69, 9.17) is 0 Å². The number of thioether (sulfide) groups is 1. The number of para-hydroxylation sites is 1. The van der Waals surface area contributed by atoms with E-state index in [0.29, 0.717) is 5.69 Å². The van der Waals surface area contributed by atoms with Crippen LogP contribution in [0.1, 0.15) is 17.5 Å². The Morgan fingerprint density at radius 1 is 1.19 bits per heavy atom. The van der Waals surface area contributed by atoms with E-state index in [1.807, 2.05) is 32.0 Å². The number of anilines is 1. The van der Waals surface area contributed by atoms with Crippen molar-refractivity contribution in [2.45, 2.75) is 30.4 Å². The van der Waals surface area contributed by atoms with Crippen molar-refractivity contribution in [1.29, 1.82) is 0 Å². The van der Waals surface area contributed by atoms with Crippen molar-refractivity contribution in [2.75, 3.05) is 11.9 Å². The third-order valence-corrected chi connectivity index (χ3v) is 7.21. The van der Waals surface area contributed by atoms with Gasteiger partial charge in [0.25, 0.3) is 10.0 Å². The lowest BCUT2D eigenvalue weighted by atomic mass is 10.2. The monoisotopic (exact) mass is 457 g/mol. The van der Waals surface area contributed by atoms with Crippen molar-refractivity contribution < 1.29 is 18.0 Å². The van der Waals surface area contributed by atoms with Gasteiger partial charge in [-0.15, -0.1) is 11.0 Å². The molecule has 2 aromatic rings. The van der Waals surface area contributed by atoms with E-state index in [1.54, 1.807) is 18.2 Å². The molecule has 7 nitrogen and oxygen atoms in total. The number of nitrogens with one attached hydrogen (secondary N) is 1. The molecule has 1 aliphatic rings. The second-order valence-electron chi connectivity index (χ2n) is 7.07. The molecule has 3 rings (SSSR count). The van der Waals surface area contributed by atoms with E-state index < -0.39 is 15.3 Å². The summed E-state index contributed by atoms with van der Waals surface area (Å²) in [5.74, 6) is -0.705. The molecule has 2 aromatic carbocycles. The Labute approximate surface area is 186 Å². The largest absolute Gasteiger partial charge is 0.326 e. The number of hydrogen-bond acceptors (Lipinski definition) is 5. The first-order valence-corrected chi connectivity index (χ1v) is 11.9. The lowest BCUT2D eigenvalue weighted by molar-refractivity contribution is -0.127. The van der Waals surface area contributed by atoms with Gasteiger partial charge in [0.2, 0.25) is 11.8 Å². The molecule has 0 aromatic heterocycles. The number of nitrogens with zero attached hydrogens (tertiary/aromatic N) is 2. The third-order valence-electron chi connectivity index (χ3n) is 4.64. The quantitative estimate of drug-likeness (QED) is 0.642. The number of benzene rings is 2. The van der Waals surface area contributed by atoms with E-state index in [2.05, 4.69) is 16.3 Å². The molecule has 2 amide bonds. The summed E-state index contributed by atoms with van der Waals surface area (Å²) in [5, 5.41) is 2.07. The van der Waals surface area contributed by atoms with Crippen LogP contribution >= 0.6 is 11.8 Å². The molecule has 1 saturated heterocycles. The maximum atomic E-state index is 12.8. The normalized spacial score (nSPS) is 17.7. The van der Waals surface area contributed by atoms with Gasteiger partial charge in [0.1, 0.15) is 5.25 Å². The fourth-order valence-corrected chi connectivity index (χ4v) is 5.32. The van der Waals surface area contributed by atoms with Crippen LogP contribution in [0.15, 0.2) is 70.5 Å². The van der Waals surface area contributed by atoms with E-state index in [9.17, 15) is 18.0 Å². The van der Waals surface area contributed by atoms with Gasteiger partial charge < -0.3 is 5.32 Å². The first-order valence-electron chi connectivity index (χ1n) is 9.57. The zero-order valence-corrected chi connectivity index (χ0v) is 18.9. The van der Waals surface area contributed by atoms with Crippen LogP contribution in [0.3, 0.4) is 0 Å². The molecule has 0 bridgehead atoms. The second-order valence-corrected chi connectivity index (χ2v) is 9.85. The molecule has 1 fully saturated rings. The standard InChI is InChI=1S/C22H23N3O4S2/c1-4-13-25-21(27)19(14-20(26)23-18-8-6-5-7-16(18)3)30-22(25)24-31(28,29)17-11-9-15(2)10-12-17/h4-12,19H,1,13-14H2,2-3H3,(H,23,26)/t19-/m1/s1. The average molecular weight is 458 g/mol. The lowest BCUT2D eigenvalue weighted by Crippen LogP contribution is -2.34. The van der Waals surface area contributed by atoms with Crippen LogP contribution in [0.5, 0.6) is 0 Å². The summed E-state index contributed by atoms with van der Waals surface area (Å²) in [5.41, 5.74) is 2.49. The summed E-state index contributed by atoms with van der Waals surface area (Å²) >= 11 is 0.973. The van der Waals surface area contributed by atoms with Crippen LogP contribution in [0, 0.1) is 13.8 Å². The SMILES string of the molecule is C=CCN1C(=O)[C@@H](CC(=O)Nc2ccccc2C)SC1=NS(=O)(=O)c1ccc(C)cc1. The van der Waals surface area contributed by atoms with Crippen molar-refractivity contribution in [1.82, 2.24) is 4.90 Å². The van der Waals surface area contributed by atoms with Gasteiger partial charge in [-0.05, 0) is 37.6 Å². The van der Waals surface area contributed by atoms with Gasteiger partial charge in [0.05, 0.1) is 4.90 Å². The molecule has 162 valence electrons. The van der Waals surface area contributed by atoms with Crippen LogP contribution in [-0.4, -0.2) is 42.1 Å². The van der Waals surface area contributed by atoms with Gasteiger partial charge in [0.15, 0.2) is 5.17 Å². The minimum absolute atomic E-state index is 0.0398. The van der Waals surface area contributed by atoms with Crippen molar-refractivity contribution >= 4 is 44.5 Å². The third kappa shape index (κ3) is 5.42. The Balaban J connectivity index is 1.80. The molecule has 1 heterocycles. The number of amidine groups is 1. The lowest BCUT2D eigenvalue weighted by Gasteiger charge is -2.14. The molecule has 1 aliphatic heterocycles. The van der Waals surface area contributed by atoms with Crippen molar-refractivity contribution in [3.8, 4) is 0 Å². The first kappa shape index (κ1) is 22.8. The Morgan fingerprint density at radius 3 is 2.52 bits per heavy atom. The number of sulfonamides is 1. The summed E-state index contributed by atoms with van der Waals surface area (Å²) < 4.78 is 29.3. The summed E-state index contributed by atoms with van der Waals surface area (Å²) in [7, 11) is -4.00. The molecule has 0 aliphatic carbocycles. The van der Waals surface area contributed by atoms with Gasteiger partial charge in [-0.25, -0.2) is 0 Å². The van der Waals surface area contributed by atoms with Crippen molar-refractivity contribution in [2.24, 2.45) is 4.40 Å². The minimum atomic E-state index is -4.00. The molecule has 0 spiro atoms. The zero-order chi connectivity index (χ0) is 22.6. The molecule has 1 N–H and O–H groups in total. The van der Waals surface area contributed by atoms with E-state index >= 15 is 0 Å². The maximum Gasteiger partial charge on any atom is 0.284 e. The average Bonchev–Trinajstić information content (AvgIpc) is 2.98. The number of hydrogen-bond donors (Lipinski definition) is 1. The van der Waals surface area contributed by atoms with Crippen LogP contribution in [0.25, 0.3) is 0 Å². The molecular weight excluding hydrogens is 434 g/mol. The molecular formula is C22H23N3O4S2. The van der Waals surface area contributed by atoms with Gasteiger partial charge in [0, 0.05) is 18.7 Å². The summed E-state index contributed by atoms with van der Waals surface area (Å²) in [6.07, 6.45) is 1.39. The zero-order valence-electron chi connectivity index (χ0n) is 17.2. The van der Waals surface area contributed by atoms with E-state index in [-0.39, 0.29) is 34.8 Å². The Kier molecular flexibility index (Phi) is 6.97. The van der Waals surface area contributed by atoms with Gasteiger partial charge in [-0.2, -0.15) is 8.42 Å². The highest BCUT2D eigenvalue weighted by atomic mass is 32.2. The van der Waals surface area contributed by atoms with Crippen molar-refractivity contribution in [3.05, 3.63) is 72.3 Å². The highest BCUT2D eigenvalue weighted by Crippen LogP contribution is 2.31. The summed E-state index contributed by atoms with van der Waals surface area (Å²) in [6.45, 7) is 7.45. The topological polar surface area (TPSA) is 95.9 Å². The maximum absolute atomic E-state index is 12.8. The van der Waals surface area contributed by atoms with Gasteiger partial charge in [-0.3, -0.25) is 14.5 Å². The van der Waals surface area contributed by atoms with Crippen molar-refractivity contribution in [3.63, 3.8) is 0 Å². The molecule has 1 atom stereocenters. The number of carbonyl (C=O) groups excluding carboxylic acids is 2. The molecule has 0 radical (unpaired) electrons. The van der Waals surface area contributed by atoms with Crippen LogP contribution in [-0.2, 0) is 19.6 Å². The number of amides is 2.